The van der Waals surface area contributed by atoms with Gasteiger partial charge < -0.3 is 15.2 Å². The van der Waals surface area contributed by atoms with Crippen LogP contribution in [0.15, 0.2) is 66.4 Å². The highest BCUT2D eigenvalue weighted by atomic mass is 16.2. The molecular weight excluding hydrogens is 428 g/mol. The summed E-state index contributed by atoms with van der Waals surface area (Å²) in [7, 11) is 0. The molecule has 174 valence electrons. The van der Waals surface area contributed by atoms with Crippen LogP contribution in [0.25, 0.3) is 6.08 Å². The lowest BCUT2D eigenvalue weighted by molar-refractivity contribution is -0.127. The van der Waals surface area contributed by atoms with Crippen LogP contribution >= 0.6 is 0 Å². The SMILES string of the molecule is CCc1ccccc1NC(=O)CN1C(=O)N/C(=C/c2cc(C)n(Cc3ccccc3)c2C)C1=O. The van der Waals surface area contributed by atoms with Gasteiger partial charge in [-0.1, -0.05) is 55.5 Å². The Morgan fingerprint density at radius 2 is 1.74 bits per heavy atom. The highest BCUT2D eigenvalue weighted by Crippen LogP contribution is 2.22. The molecule has 2 heterocycles. The van der Waals surface area contributed by atoms with Gasteiger partial charge >= 0.3 is 6.03 Å². The molecule has 4 amide bonds. The normalized spacial score (nSPS) is 14.6. The lowest BCUT2D eigenvalue weighted by Crippen LogP contribution is -2.38. The Bertz CT molecular complexity index is 1270. The Morgan fingerprint density at radius 1 is 1.03 bits per heavy atom. The fourth-order valence-electron chi connectivity index (χ4n) is 4.14. The van der Waals surface area contributed by atoms with Gasteiger partial charge in [-0.05, 0) is 55.2 Å². The van der Waals surface area contributed by atoms with Crippen molar-refractivity contribution >= 4 is 29.6 Å². The minimum absolute atomic E-state index is 0.159. The van der Waals surface area contributed by atoms with Crippen LogP contribution < -0.4 is 10.6 Å². The first-order valence-corrected chi connectivity index (χ1v) is 11.3. The average molecular weight is 457 g/mol. The van der Waals surface area contributed by atoms with Crippen LogP contribution in [0.3, 0.4) is 0 Å². The summed E-state index contributed by atoms with van der Waals surface area (Å²) >= 11 is 0. The molecule has 2 aromatic carbocycles. The maximum absolute atomic E-state index is 12.9. The Hall–Kier alpha value is -4.13. The van der Waals surface area contributed by atoms with Crippen molar-refractivity contribution in [1.82, 2.24) is 14.8 Å². The van der Waals surface area contributed by atoms with Crippen LogP contribution in [0.2, 0.25) is 0 Å². The molecule has 1 fully saturated rings. The van der Waals surface area contributed by atoms with Crippen LogP contribution in [0.4, 0.5) is 10.5 Å². The molecule has 7 nitrogen and oxygen atoms in total. The summed E-state index contributed by atoms with van der Waals surface area (Å²) in [6.07, 6.45) is 2.43. The third-order valence-electron chi connectivity index (χ3n) is 6.03. The smallest absolute Gasteiger partial charge is 0.329 e. The number of benzene rings is 2. The zero-order valence-electron chi connectivity index (χ0n) is 19.6. The molecule has 0 unspecified atom stereocenters. The van der Waals surface area contributed by atoms with Crippen molar-refractivity contribution in [1.29, 1.82) is 0 Å². The van der Waals surface area contributed by atoms with E-state index >= 15 is 0 Å². The first-order chi connectivity index (χ1) is 16.4. The topological polar surface area (TPSA) is 83.4 Å². The Labute approximate surface area is 199 Å². The third-order valence-corrected chi connectivity index (χ3v) is 6.03. The van der Waals surface area contributed by atoms with Crippen LogP contribution in [0.1, 0.15) is 35.0 Å². The quantitative estimate of drug-likeness (QED) is 0.412. The molecule has 0 radical (unpaired) electrons. The summed E-state index contributed by atoms with van der Waals surface area (Å²) in [5.41, 5.74) is 5.89. The summed E-state index contributed by atoms with van der Waals surface area (Å²) in [6, 6.07) is 19.0. The molecule has 7 heteroatoms. The van der Waals surface area contributed by atoms with Gasteiger partial charge in [0.15, 0.2) is 0 Å². The number of para-hydroxylation sites is 1. The molecule has 1 saturated heterocycles. The number of nitrogens with zero attached hydrogens (tertiary/aromatic N) is 2. The Balaban J connectivity index is 1.49. The van der Waals surface area contributed by atoms with E-state index < -0.39 is 17.8 Å². The second-order valence-corrected chi connectivity index (χ2v) is 8.34. The number of amides is 4. The second kappa shape index (κ2) is 9.79. The number of hydrogen-bond donors (Lipinski definition) is 2. The van der Waals surface area contributed by atoms with Crippen molar-refractivity contribution in [2.75, 3.05) is 11.9 Å². The van der Waals surface area contributed by atoms with E-state index in [4.69, 9.17) is 0 Å². The molecule has 1 aliphatic heterocycles. The zero-order valence-corrected chi connectivity index (χ0v) is 19.6. The second-order valence-electron chi connectivity index (χ2n) is 8.34. The number of carbonyl (C=O) groups excluding carboxylic acids is 3. The molecule has 0 spiro atoms. The number of anilines is 1. The predicted molar refractivity (Wildman–Crippen MR) is 132 cm³/mol. The maximum atomic E-state index is 12.9. The average Bonchev–Trinajstić information content (AvgIpc) is 3.24. The Kier molecular flexibility index (Phi) is 6.63. The number of imide groups is 1. The van der Waals surface area contributed by atoms with Crippen LogP contribution in [-0.4, -0.2) is 33.9 Å². The van der Waals surface area contributed by atoms with Crippen molar-refractivity contribution < 1.29 is 14.4 Å². The van der Waals surface area contributed by atoms with Gasteiger partial charge in [0.05, 0.1) is 0 Å². The van der Waals surface area contributed by atoms with Crippen LogP contribution in [0.5, 0.6) is 0 Å². The van der Waals surface area contributed by atoms with E-state index in [0.29, 0.717) is 12.2 Å². The molecule has 0 bridgehead atoms. The number of rotatable bonds is 7. The summed E-state index contributed by atoms with van der Waals surface area (Å²) in [6.45, 7) is 6.36. The fourth-order valence-corrected chi connectivity index (χ4v) is 4.14. The van der Waals surface area contributed by atoms with E-state index in [0.717, 1.165) is 33.8 Å². The van der Waals surface area contributed by atoms with Crippen molar-refractivity contribution in [3.63, 3.8) is 0 Å². The van der Waals surface area contributed by atoms with Gasteiger partial charge in [-0.15, -0.1) is 0 Å². The number of aryl methyl sites for hydroxylation is 2. The number of hydrogen-bond acceptors (Lipinski definition) is 3. The van der Waals surface area contributed by atoms with Gasteiger partial charge in [0.1, 0.15) is 12.2 Å². The lowest BCUT2D eigenvalue weighted by Gasteiger charge is -2.13. The van der Waals surface area contributed by atoms with E-state index in [1.807, 2.05) is 63.2 Å². The largest absolute Gasteiger partial charge is 0.344 e. The molecule has 0 saturated carbocycles. The molecule has 3 aromatic rings. The minimum atomic E-state index is -0.603. The van der Waals surface area contributed by atoms with Gasteiger partial charge in [0, 0.05) is 23.6 Å². The van der Waals surface area contributed by atoms with Crippen molar-refractivity contribution in [2.45, 2.75) is 33.7 Å². The van der Waals surface area contributed by atoms with Gasteiger partial charge in [-0.2, -0.15) is 0 Å². The fraction of sp³-hybridized carbons (Fsp3) is 0.222. The molecule has 1 aliphatic rings. The van der Waals surface area contributed by atoms with E-state index in [2.05, 4.69) is 27.3 Å². The van der Waals surface area contributed by atoms with E-state index in [1.165, 1.54) is 5.56 Å². The Morgan fingerprint density at radius 3 is 2.47 bits per heavy atom. The minimum Gasteiger partial charge on any atom is -0.344 e. The number of nitrogens with one attached hydrogen (secondary N) is 2. The summed E-state index contributed by atoms with van der Waals surface area (Å²) in [5, 5.41) is 5.41. The summed E-state index contributed by atoms with van der Waals surface area (Å²) in [4.78, 5) is 38.9. The molecule has 0 atom stereocenters. The number of aromatic nitrogens is 1. The van der Waals surface area contributed by atoms with Crippen LogP contribution in [-0.2, 0) is 22.6 Å². The van der Waals surface area contributed by atoms with Gasteiger partial charge in [-0.3, -0.25) is 9.59 Å². The molecular formula is C27H28N4O3. The molecule has 1 aromatic heterocycles. The van der Waals surface area contributed by atoms with Crippen molar-refractivity contribution in [3.8, 4) is 0 Å². The van der Waals surface area contributed by atoms with E-state index in [-0.39, 0.29) is 12.2 Å². The summed E-state index contributed by atoms with van der Waals surface area (Å²) < 4.78 is 2.17. The monoisotopic (exact) mass is 456 g/mol. The highest BCUT2D eigenvalue weighted by Gasteiger charge is 2.35. The molecule has 4 rings (SSSR count). The first kappa shape index (κ1) is 23.0. The lowest BCUT2D eigenvalue weighted by atomic mass is 10.1. The molecule has 34 heavy (non-hydrogen) atoms. The standard InChI is InChI=1S/C27H28N4O3/c1-4-21-12-8-9-13-23(21)28-25(32)17-31-26(33)24(29-27(31)34)15-22-14-18(2)30(19(22)3)16-20-10-6-5-7-11-20/h5-15H,4,16-17H2,1-3H3,(H,28,32)(H,29,34)/b24-15+. The number of urea groups is 1. The molecule has 0 aliphatic carbocycles. The predicted octanol–water partition coefficient (Wildman–Crippen LogP) is 4.25. The van der Waals surface area contributed by atoms with E-state index in [1.54, 1.807) is 12.1 Å². The van der Waals surface area contributed by atoms with Gasteiger partial charge in [0.25, 0.3) is 5.91 Å². The van der Waals surface area contributed by atoms with E-state index in [9.17, 15) is 14.4 Å². The van der Waals surface area contributed by atoms with Crippen molar-refractivity contribution in [2.24, 2.45) is 0 Å². The first-order valence-electron chi connectivity index (χ1n) is 11.3. The van der Waals surface area contributed by atoms with Gasteiger partial charge in [-0.25, -0.2) is 9.69 Å². The summed E-state index contributed by atoms with van der Waals surface area (Å²) in [5.74, 6) is -0.941. The molecule has 2 N–H and O–H groups in total. The third kappa shape index (κ3) is 4.78. The maximum Gasteiger partial charge on any atom is 0.329 e. The van der Waals surface area contributed by atoms with Crippen molar-refractivity contribution in [3.05, 3.63) is 94.4 Å². The zero-order chi connectivity index (χ0) is 24.2. The van der Waals surface area contributed by atoms with Crippen LogP contribution in [0, 0.1) is 13.8 Å². The van der Waals surface area contributed by atoms with Gasteiger partial charge in [0.2, 0.25) is 5.91 Å². The number of carbonyl (C=O) groups is 3. The highest BCUT2D eigenvalue weighted by molar-refractivity contribution is 6.16.